The molecule has 1 N–H and O–H groups in total. The van der Waals surface area contributed by atoms with Crippen LogP contribution in [0.5, 0.6) is 17.2 Å². The number of halogens is 1. The molecule has 0 amide bonds. The van der Waals surface area contributed by atoms with Crippen LogP contribution in [0.2, 0.25) is 0 Å². The Labute approximate surface area is 140 Å². The molecule has 0 spiro atoms. The van der Waals surface area contributed by atoms with Gasteiger partial charge in [0.25, 0.3) is 0 Å². The molecule has 0 saturated heterocycles. The molecule has 0 fully saturated rings. The highest BCUT2D eigenvalue weighted by atomic mass is 32.2. The smallest absolute Gasteiger partial charge is 0.240 e. The first-order chi connectivity index (χ1) is 11.4. The van der Waals surface area contributed by atoms with Gasteiger partial charge in [-0.2, -0.15) is 0 Å². The van der Waals surface area contributed by atoms with E-state index in [2.05, 4.69) is 4.72 Å². The van der Waals surface area contributed by atoms with Crippen LogP contribution in [0.1, 0.15) is 5.56 Å². The van der Waals surface area contributed by atoms with Gasteiger partial charge in [0.1, 0.15) is 5.82 Å². The van der Waals surface area contributed by atoms with Crippen molar-refractivity contribution in [3.05, 3.63) is 47.8 Å². The minimum Gasteiger partial charge on any atom is -0.493 e. The van der Waals surface area contributed by atoms with Crippen LogP contribution >= 0.6 is 0 Å². The predicted octanol–water partition coefficient (Wildman–Crippen LogP) is 2.33. The fourth-order valence-electron chi connectivity index (χ4n) is 2.13. The lowest BCUT2D eigenvalue weighted by Crippen LogP contribution is -2.23. The molecule has 0 aliphatic heterocycles. The standard InChI is InChI=1S/C16H18FNO5S/c1-21-14-7-11(8-15(22-2)16(14)23-3)10-18-24(19,20)13-6-4-5-12(17)9-13/h4-9,18H,10H2,1-3H3. The number of ether oxygens (including phenoxy) is 3. The second kappa shape index (κ2) is 7.50. The van der Waals surface area contributed by atoms with Gasteiger partial charge in [-0.25, -0.2) is 17.5 Å². The van der Waals surface area contributed by atoms with E-state index in [1.165, 1.54) is 39.5 Å². The van der Waals surface area contributed by atoms with Crippen LogP contribution in [0.25, 0.3) is 0 Å². The van der Waals surface area contributed by atoms with Gasteiger partial charge in [-0.1, -0.05) is 6.07 Å². The SMILES string of the molecule is COc1cc(CNS(=O)(=O)c2cccc(F)c2)cc(OC)c1OC. The molecule has 0 bridgehead atoms. The lowest BCUT2D eigenvalue weighted by Gasteiger charge is -2.14. The number of sulfonamides is 1. The van der Waals surface area contributed by atoms with Gasteiger partial charge >= 0.3 is 0 Å². The average molecular weight is 355 g/mol. The highest BCUT2D eigenvalue weighted by molar-refractivity contribution is 7.89. The number of methoxy groups -OCH3 is 3. The van der Waals surface area contributed by atoms with E-state index in [1.54, 1.807) is 12.1 Å². The lowest BCUT2D eigenvalue weighted by atomic mass is 10.2. The Morgan fingerprint density at radius 3 is 2.12 bits per heavy atom. The summed E-state index contributed by atoms with van der Waals surface area (Å²) >= 11 is 0. The van der Waals surface area contributed by atoms with Crippen molar-refractivity contribution in [2.75, 3.05) is 21.3 Å². The van der Waals surface area contributed by atoms with Crippen LogP contribution in [0.4, 0.5) is 4.39 Å². The lowest BCUT2D eigenvalue weighted by molar-refractivity contribution is 0.323. The van der Waals surface area contributed by atoms with Gasteiger partial charge < -0.3 is 14.2 Å². The summed E-state index contributed by atoms with van der Waals surface area (Å²) in [5, 5.41) is 0. The molecule has 2 aromatic carbocycles. The van der Waals surface area contributed by atoms with Crippen LogP contribution in [-0.4, -0.2) is 29.7 Å². The molecule has 24 heavy (non-hydrogen) atoms. The maximum absolute atomic E-state index is 13.2. The zero-order chi connectivity index (χ0) is 17.7. The first-order valence-electron chi connectivity index (χ1n) is 6.95. The molecule has 2 rings (SSSR count). The highest BCUT2D eigenvalue weighted by Crippen LogP contribution is 2.38. The normalized spacial score (nSPS) is 11.2. The Morgan fingerprint density at radius 1 is 1.00 bits per heavy atom. The Balaban J connectivity index is 2.25. The third kappa shape index (κ3) is 3.95. The Morgan fingerprint density at radius 2 is 1.62 bits per heavy atom. The number of nitrogens with one attached hydrogen (secondary N) is 1. The van der Waals surface area contributed by atoms with Crippen molar-refractivity contribution in [1.29, 1.82) is 0 Å². The van der Waals surface area contributed by atoms with Crippen molar-refractivity contribution in [2.24, 2.45) is 0 Å². The minimum absolute atomic E-state index is 0.0183. The second-order valence-electron chi connectivity index (χ2n) is 4.82. The summed E-state index contributed by atoms with van der Waals surface area (Å²) < 4.78 is 55.7. The minimum atomic E-state index is -3.84. The molecule has 0 aromatic heterocycles. The summed E-state index contributed by atoms with van der Waals surface area (Å²) in [5.74, 6) is 0.621. The van der Waals surface area contributed by atoms with Gasteiger partial charge in [-0.15, -0.1) is 0 Å². The zero-order valence-corrected chi connectivity index (χ0v) is 14.3. The quantitative estimate of drug-likeness (QED) is 0.825. The van der Waals surface area contributed by atoms with E-state index in [1.807, 2.05) is 0 Å². The fourth-order valence-corrected chi connectivity index (χ4v) is 3.18. The molecule has 0 radical (unpaired) electrons. The molecule has 130 valence electrons. The van der Waals surface area contributed by atoms with Crippen molar-refractivity contribution in [1.82, 2.24) is 4.72 Å². The Hall–Kier alpha value is -2.32. The van der Waals surface area contributed by atoms with Crippen LogP contribution < -0.4 is 18.9 Å². The number of benzene rings is 2. The van der Waals surface area contributed by atoms with E-state index in [4.69, 9.17) is 14.2 Å². The number of rotatable bonds is 7. The molecule has 0 atom stereocenters. The van der Waals surface area contributed by atoms with E-state index in [9.17, 15) is 12.8 Å². The molecule has 2 aromatic rings. The maximum atomic E-state index is 13.2. The van der Waals surface area contributed by atoms with E-state index < -0.39 is 15.8 Å². The molecule has 0 heterocycles. The van der Waals surface area contributed by atoms with Crippen molar-refractivity contribution < 1.29 is 27.0 Å². The average Bonchev–Trinajstić information content (AvgIpc) is 2.59. The maximum Gasteiger partial charge on any atom is 0.240 e. The molecule has 6 nitrogen and oxygen atoms in total. The second-order valence-corrected chi connectivity index (χ2v) is 6.58. The first kappa shape index (κ1) is 18.0. The third-order valence-corrected chi connectivity index (χ3v) is 4.70. The molecular weight excluding hydrogens is 337 g/mol. The van der Waals surface area contributed by atoms with Gasteiger partial charge in [-0.3, -0.25) is 0 Å². The van der Waals surface area contributed by atoms with Crippen LogP contribution in [-0.2, 0) is 16.6 Å². The van der Waals surface area contributed by atoms with Gasteiger partial charge in [-0.05, 0) is 35.9 Å². The number of hydrogen-bond donors (Lipinski definition) is 1. The van der Waals surface area contributed by atoms with Crippen LogP contribution in [0, 0.1) is 5.82 Å². The van der Waals surface area contributed by atoms with Gasteiger partial charge in [0.05, 0.1) is 26.2 Å². The van der Waals surface area contributed by atoms with Gasteiger partial charge in [0.15, 0.2) is 11.5 Å². The van der Waals surface area contributed by atoms with E-state index in [-0.39, 0.29) is 11.4 Å². The summed E-state index contributed by atoms with van der Waals surface area (Å²) in [4.78, 5) is -0.144. The summed E-state index contributed by atoms with van der Waals surface area (Å²) in [6.45, 7) is -0.0183. The van der Waals surface area contributed by atoms with Crippen molar-refractivity contribution >= 4 is 10.0 Å². The summed E-state index contributed by atoms with van der Waals surface area (Å²) in [5.41, 5.74) is 0.601. The number of hydrogen-bond acceptors (Lipinski definition) is 5. The van der Waals surface area contributed by atoms with Crippen molar-refractivity contribution in [2.45, 2.75) is 11.4 Å². The highest BCUT2D eigenvalue weighted by Gasteiger charge is 2.17. The predicted molar refractivity (Wildman–Crippen MR) is 86.5 cm³/mol. The van der Waals surface area contributed by atoms with E-state index >= 15 is 0 Å². The van der Waals surface area contributed by atoms with Crippen LogP contribution in [0.3, 0.4) is 0 Å². The fraction of sp³-hybridized carbons (Fsp3) is 0.250. The zero-order valence-electron chi connectivity index (χ0n) is 13.5. The molecular formula is C16H18FNO5S. The molecule has 0 aliphatic rings. The first-order valence-corrected chi connectivity index (χ1v) is 8.43. The molecule has 0 unspecified atom stereocenters. The van der Waals surface area contributed by atoms with E-state index in [0.29, 0.717) is 22.8 Å². The summed E-state index contributed by atoms with van der Waals surface area (Å²) in [6.07, 6.45) is 0. The largest absolute Gasteiger partial charge is 0.493 e. The topological polar surface area (TPSA) is 73.9 Å². The monoisotopic (exact) mass is 355 g/mol. The van der Waals surface area contributed by atoms with Crippen molar-refractivity contribution in [3.8, 4) is 17.2 Å². The molecule has 8 heteroatoms. The van der Waals surface area contributed by atoms with Crippen LogP contribution in [0.15, 0.2) is 41.3 Å². The Bertz CT molecular complexity index is 798. The van der Waals surface area contributed by atoms with Gasteiger partial charge in [0.2, 0.25) is 15.8 Å². The van der Waals surface area contributed by atoms with Crippen molar-refractivity contribution in [3.63, 3.8) is 0 Å². The van der Waals surface area contributed by atoms with Gasteiger partial charge in [0, 0.05) is 6.54 Å². The van der Waals surface area contributed by atoms with E-state index in [0.717, 1.165) is 6.07 Å². The summed E-state index contributed by atoms with van der Waals surface area (Å²) in [7, 11) is 0.581. The molecule has 0 aliphatic carbocycles. The third-order valence-electron chi connectivity index (χ3n) is 3.30. The molecule has 0 saturated carbocycles. The Kier molecular flexibility index (Phi) is 5.63. The summed E-state index contributed by atoms with van der Waals surface area (Å²) in [6, 6.07) is 8.06.